The summed E-state index contributed by atoms with van der Waals surface area (Å²) in [6, 6.07) is 0. The van der Waals surface area contributed by atoms with Crippen molar-refractivity contribution in [1.29, 1.82) is 0 Å². The van der Waals surface area contributed by atoms with Gasteiger partial charge in [0.15, 0.2) is 0 Å². The fourth-order valence-corrected chi connectivity index (χ4v) is 11.0. The van der Waals surface area contributed by atoms with Crippen LogP contribution in [0.2, 0.25) is 0 Å². The van der Waals surface area contributed by atoms with Gasteiger partial charge < -0.3 is 36.7 Å². The molecule has 3 unspecified atom stereocenters. The molecule has 4 aliphatic carbocycles. The Morgan fingerprint density at radius 1 is 0.660 bits per heavy atom. The van der Waals surface area contributed by atoms with E-state index in [0.29, 0.717) is 67.0 Å². The lowest BCUT2D eigenvalue weighted by molar-refractivity contribution is -0.225. The number of hydrogen-bond acceptors (Lipinski definition) is 7. The van der Waals surface area contributed by atoms with Crippen LogP contribution in [0.4, 0.5) is 0 Å². The van der Waals surface area contributed by atoms with Gasteiger partial charge in [0, 0.05) is 19.8 Å². The van der Waals surface area contributed by atoms with E-state index in [-0.39, 0.29) is 5.41 Å². The highest BCUT2D eigenvalue weighted by molar-refractivity contribution is 5.14. The van der Waals surface area contributed by atoms with Crippen LogP contribution in [0.15, 0.2) is 0 Å². The predicted octanol–water partition coefficient (Wildman–Crippen LogP) is 7.19. The van der Waals surface area contributed by atoms with Gasteiger partial charge in [-0.05, 0) is 157 Å². The minimum atomic E-state index is 0.211. The molecule has 4 rings (SSSR count). The molecule has 0 amide bonds. The van der Waals surface area contributed by atoms with Gasteiger partial charge in [0.2, 0.25) is 0 Å². The van der Waals surface area contributed by atoms with Gasteiger partial charge in [0.1, 0.15) is 0 Å². The van der Waals surface area contributed by atoms with Gasteiger partial charge in [-0.15, -0.1) is 0 Å². The Labute approximate surface area is 290 Å². The third-order valence-corrected chi connectivity index (χ3v) is 13.8. The second kappa shape index (κ2) is 20.5. The fourth-order valence-electron chi connectivity index (χ4n) is 11.0. The first kappa shape index (κ1) is 39.5. The Hall–Kier alpha value is -0.280. The van der Waals surface area contributed by atoms with Crippen LogP contribution >= 0.6 is 0 Å². The lowest BCUT2D eigenvalue weighted by atomic mass is 9.43. The van der Waals surface area contributed by atoms with E-state index in [2.05, 4.69) is 26.1 Å². The van der Waals surface area contributed by atoms with Crippen LogP contribution < -0.4 is 22.5 Å². The van der Waals surface area contributed by atoms with Crippen molar-refractivity contribution in [3.05, 3.63) is 0 Å². The summed E-state index contributed by atoms with van der Waals surface area (Å²) in [4.78, 5) is 0. The molecule has 0 saturated heterocycles. The zero-order valence-electron chi connectivity index (χ0n) is 31.2. The first-order valence-electron chi connectivity index (χ1n) is 20.6. The highest BCUT2D eigenvalue weighted by Gasteiger charge is 2.66. The molecule has 276 valence electrons. The Bertz CT molecular complexity index is 848. The van der Waals surface area contributed by atoms with Gasteiger partial charge in [-0.2, -0.15) is 0 Å². The van der Waals surface area contributed by atoms with E-state index < -0.39 is 0 Å². The first-order chi connectivity index (χ1) is 22.9. The number of nitrogens with two attached hydrogens (primary N) is 3. The summed E-state index contributed by atoms with van der Waals surface area (Å²) in [5.41, 5.74) is 18.3. The number of rotatable bonds is 24. The minimum absolute atomic E-state index is 0.211. The standard InChI is InChI=1S/C40H78N4O3/c1-4-5-6-7-8-10-23-44-24-11-9-15-31-16-17-34-38-35(30-37(40(31,34)3)47-27-14-22-43)39(2)19-18-33(45-25-12-20-41)28-32(39)29-36(38)46-26-13-21-42/h31-38,44H,4-30,41-43H2,1-3H3/t31?,32?,33-,34+,35+,36-,37+,38?,39+,40-/m1/s1. The van der Waals surface area contributed by atoms with Crippen LogP contribution in [-0.2, 0) is 14.2 Å². The molecule has 0 aromatic carbocycles. The third-order valence-electron chi connectivity index (χ3n) is 13.8. The molecule has 0 bridgehead atoms. The van der Waals surface area contributed by atoms with Crippen LogP contribution in [-0.4, -0.2) is 70.9 Å². The zero-order valence-corrected chi connectivity index (χ0v) is 31.2. The molecule has 4 saturated carbocycles. The van der Waals surface area contributed by atoms with Crippen LogP contribution in [0.5, 0.6) is 0 Å². The largest absolute Gasteiger partial charge is 0.378 e. The van der Waals surface area contributed by atoms with Crippen LogP contribution in [0.25, 0.3) is 0 Å². The van der Waals surface area contributed by atoms with Gasteiger partial charge >= 0.3 is 0 Å². The molecule has 4 aliphatic rings. The molecule has 0 aromatic rings. The molecule has 0 aromatic heterocycles. The van der Waals surface area contributed by atoms with E-state index in [1.807, 2.05) is 0 Å². The molecular formula is C40H78N4O3. The average Bonchev–Trinajstić information content (AvgIpc) is 3.41. The minimum Gasteiger partial charge on any atom is -0.378 e. The maximum absolute atomic E-state index is 6.99. The molecule has 7 N–H and O–H groups in total. The second-order valence-electron chi connectivity index (χ2n) is 16.6. The lowest BCUT2D eigenvalue weighted by Gasteiger charge is -2.64. The van der Waals surface area contributed by atoms with E-state index in [9.17, 15) is 0 Å². The maximum Gasteiger partial charge on any atom is 0.0637 e. The van der Waals surface area contributed by atoms with Crippen LogP contribution in [0.3, 0.4) is 0 Å². The highest BCUT2D eigenvalue weighted by atomic mass is 16.5. The monoisotopic (exact) mass is 663 g/mol. The summed E-state index contributed by atoms with van der Waals surface area (Å²) in [7, 11) is 0. The molecular weight excluding hydrogens is 584 g/mol. The van der Waals surface area contributed by atoms with Crippen molar-refractivity contribution in [3.63, 3.8) is 0 Å². The summed E-state index contributed by atoms with van der Waals surface area (Å²) in [5, 5.41) is 3.75. The molecule has 10 atom stereocenters. The normalized spacial score (nSPS) is 36.6. The molecule has 0 spiro atoms. The molecule has 0 heterocycles. The number of nitrogens with one attached hydrogen (secondary N) is 1. The third kappa shape index (κ3) is 10.2. The van der Waals surface area contributed by atoms with Gasteiger partial charge in [-0.25, -0.2) is 0 Å². The number of ether oxygens (including phenoxy) is 3. The highest BCUT2D eigenvalue weighted by Crippen LogP contribution is 2.69. The summed E-state index contributed by atoms with van der Waals surface area (Å²) < 4.78 is 20.3. The molecule has 47 heavy (non-hydrogen) atoms. The molecule has 4 fully saturated rings. The van der Waals surface area contributed by atoms with E-state index in [0.717, 1.165) is 58.0 Å². The Balaban J connectivity index is 1.43. The zero-order chi connectivity index (χ0) is 33.5. The Morgan fingerprint density at radius 2 is 1.32 bits per heavy atom. The van der Waals surface area contributed by atoms with E-state index in [4.69, 9.17) is 31.4 Å². The number of unbranched alkanes of at least 4 members (excludes halogenated alkanes) is 6. The summed E-state index contributed by atoms with van der Waals surface area (Å²) >= 11 is 0. The number of fused-ring (bicyclic) bond motifs is 5. The first-order valence-corrected chi connectivity index (χ1v) is 20.6. The van der Waals surface area contributed by atoms with Crippen molar-refractivity contribution < 1.29 is 14.2 Å². The van der Waals surface area contributed by atoms with Crippen molar-refractivity contribution in [2.24, 2.45) is 57.6 Å². The van der Waals surface area contributed by atoms with Crippen LogP contribution in [0.1, 0.15) is 143 Å². The van der Waals surface area contributed by atoms with Crippen molar-refractivity contribution in [2.45, 2.75) is 161 Å². The lowest BCUT2D eigenvalue weighted by Crippen LogP contribution is -2.63. The Kier molecular flexibility index (Phi) is 17.3. The molecule has 0 radical (unpaired) electrons. The SMILES string of the molecule is CCCCCCCCNCCCCC1CC[C@H]2C3[C@H](OCCCN)CC4C[C@H](OCCCN)CC[C@]4(C)[C@H]3C[C@H](OCCCN)[C@]12C. The molecule has 7 heteroatoms. The van der Waals surface area contributed by atoms with E-state index >= 15 is 0 Å². The summed E-state index contributed by atoms with van der Waals surface area (Å²) in [6.07, 6.45) is 24.7. The van der Waals surface area contributed by atoms with Gasteiger partial charge in [-0.3, -0.25) is 0 Å². The number of hydrogen-bond donors (Lipinski definition) is 4. The van der Waals surface area contributed by atoms with Crippen molar-refractivity contribution in [1.82, 2.24) is 5.32 Å². The topological polar surface area (TPSA) is 118 Å². The summed E-state index contributed by atoms with van der Waals surface area (Å²) in [6.45, 7) is 14.4. The Morgan fingerprint density at radius 3 is 2.04 bits per heavy atom. The summed E-state index contributed by atoms with van der Waals surface area (Å²) in [5.74, 6) is 3.29. The van der Waals surface area contributed by atoms with E-state index in [1.165, 1.54) is 103 Å². The fraction of sp³-hybridized carbons (Fsp3) is 1.00. The van der Waals surface area contributed by atoms with Crippen molar-refractivity contribution in [2.75, 3.05) is 52.5 Å². The second-order valence-corrected chi connectivity index (χ2v) is 16.6. The van der Waals surface area contributed by atoms with Gasteiger partial charge in [-0.1, -0.05) is 59.3 Å². The molecule has 7 nitrogen and oxygen atoms in total. The van der Waals surface area contributed by atoms with Crippen molar-refractivity contribution in [3.8, 4) is 0 Å². The quantitative estimate of drug-likeness (QED) is 0.0809. The van der Waals surface area contributed by atoms with E-state index in [1.54, 1.807) is 0 Å². The predicted molar refractivity (Wildman–Crippen MR) is 196 cm³/mol. The van der Waals surface area contributed by atoms with Gasteiger partial charge in [0.05, 0.1) is 18.3 Å². The molecule has 0 aliphatic heterocycles. The van der Waals surface area contributed by atoms with Gasteiger partial charge in [0.25, 0.3) is 0 Å². The average molecular weight is 663 g/mol. The van der Waals surface area contributed by atoms with Crippen LogP contribution in [0, 0.1) is 40.4 Å². The van der Waals surface area contributed by atoms with Crippen molar-refractivity contribution >= 4 is 0 Å². The maximum atomic E-state index is 6.99. The smallest absolute Gasteiger partial charge is 0.0637 e.